The van der Waals surface area contributed by atoms with Crippen LogP contribution in [0.2, 0.25) is 0 Å². The Morgan fingerprint density at radius 1 is 1.36 bits per heavy atom. The summed E-state index contributed by atoms with van der Waals surface area (Å²) in [6.07, 6.45) is 0. The van der Waals surface area contributed by atoms with E-state index in [1.54, 1.807) is 32.4 Å². The van der Waals surface area contributed by atoms with E-state index in [1.807, 2.05) is 0 Å². The molecule has 0 aliphatic carbocycles. The van der Waals surface area contributed by atoms with Crippen LogP contribution in [-0.2, 0) is 0 Å². The summed E-state index contributed by atoms with van der Waals surface area (Å²) in [6, 6.07) is 5.30. The SMILES string of the molecule is COc1ccc2c(c1)C(=S)N(C)C2=O. The third kappa shape index (κ3) is 1.11. The minimum atomic E-state index is -0.0485. The van der Waals surface area contributed by atoms with Gasteiger partial charge in [-0.15, -0.1) is 0 Å². The highest BCUT2D eigenvalue weighted by atomic mass is 32.1. The van der Waals surface area contributed by atoms with E-state index in [2.05, 4.69) is 0 Å². The Bertz CT molecular complexity index is 428. The second-order valence-corrected chi connectivity index (χ2v) is 3.47. The van der Waals surface area contributed by atoms with Crippen LogP contribution in [0.3, 0.4) is 0 Å². The van der Waals surface area contributed by atoms with E-state index < -0.39 is 0 Å². The van der Waals surface area contributed by atoms with Crippen molar-refractivity contribution in [1.82, 2.24) is 4.90 Å². The van der Waals surface area contributed by atoms with Gasteiger partial charge in [0.05, 0.1) is 12.7 Å². The van der Waals surface area contributed by atoms with Crippen molar-refractivity contribution in [3.8, 4) is 5.75 Å². The van der Waals surface area contributed by atoms with E-state index in [1.165, 1.54) is 4.90 Å². The topological polar surface area (TPSA) is 29.5 Å². The lowest BCUT2D eigenvalue weighted by Gasteiger charge is -2.06. The summed E-state index contributed by atoms with van der Waals surface area (Å²) in [5.74, 6) is 0.668. The molecule has 0 bridgehead atoms. The van der Waals surface area contributed by atoms with Gasteiger partial charge in [-0.1, -0.05) is 12.2 Å². The van der Waals surface area contributed by atoms with Gasteiger partial charge in [-0.3, -0.25) is 4.79 Å². The van der Waals surface area contributed by atoms with E-state index >= 15 is 0 Å². The molecule has 0 spiro atoms. The molecule has 72 valence electrons. The maximum atomic E-state index is 11.6. The number of thiocarbonyl (C=S) groups is 1. The molecule has 0 atom stereocenters. The van der Waals surface area contributed by atoms with Gasteiger partial charge in [0, 0.05) is 12.6 Å². The van der Waals surface area contributed by atoms with Crippen molar-refractivity contribution in [3.63, 3.8) is 0 Å². The molecule has 0 saturated heterocycles. The number of rotatable bonds is 1. The van der Waals surface area contributed by atoms with Crippen LogP contribution in [0.1, 0.15) is 15.9 Å². The molecule has 4 heteroatoms. The summed E-state index contributed by atoms with van der Waals surface area (Å²) in [4.78, 5) is 13.6. The maximum absolute atomic E-state index is 11.6. The molecule has 0 saturated carbocycles. The zero-order chi connectivity index (χ0) is 10.3. The molecule has 2 rings (SSSR count). The Morgan fingerprint density at radius 3 is 2.71 bits per heavy atom. The maximum Gasteiger partial charge on any atom is 0.259 e. The first-order valence-corrected chi connectivity index (χ1v) is 4.56. The molecule has 1 aromatic carbocycles. The molecule has 1 heterocycles. The molecule has 1 aliphatic rings. The van der Waals surface area contributed by atoms with Gasteiger partial charge in [0.25, 0.3) is 5.91 Å². The number of amides is 1. The molecule has 14 heavy (non-hydrogen) atoms. The summed E-state index contributed by atoms with van der Waals surface area (Å²) < 4.78 is 5.07. The lowest BCUT2D eigenvalue weighted by atomic mass is 10.1. The molecule has 0 fully saturated rings. The average molecular weight is 207 g/mol. The predicted octanol–water partition coefficient (Wildman–Crippen LogP) is 1.46. The fraction of sp³-hybridized carbons (Fsp3) is 0.200. The smallest absolute Gasteiger partial charge is 0.259 e. The van der Waals surface area contributed by atoms with Crippen molar-refractivity contribution < 1.29 is 9.53 Å². The Kier molecular flexibility index (Phi) is 2.00. The summed E-state index contributed by atoms with van der Waals surface area (Å²) >= 11 is 5.13. The second kappa shape index (κ2) is 3.06. The number of fused-ring (bicyclic) bond motifs is 1. The third-order valence-corrected chi connectivity index (χ3v) is 2.79. The molecule has 0 N–H and O–H groups in total. The van der Waals surface area contributed by atoms with Gasteiger partial charge in [-0.05, 0) is 18.2 Å². The van der Waals surface area contributed by atoms with Crippen LogP contribution < -0.4 is 4.74 Å². The normalized spacial score (nSPS) is 14.6. The van der Waals surface area contributed by atoms with Gasteiger partial charge in [0.15, 0.2) is 0 Å². The van der Waals surface area contributed by atoms with Crippen molar-refractivity contribution in [1.29, 1.82) is 0 Å². The molecule has 3 nitrogen and oxygen atoms in total. The van der Waals surface area contributed by atoms with E-state index in [4.69, 9.17) is 17.0 Å². The van der Waals surface area contributed by atoms with Gasteiger partial charge in [0.2, 0.25) is 0 Å². The molecule has 1 aliphatic heterocycles. The van der Waals surface area contributed by atoms with E-state index in [0.717, 1.165) is 5.56 Å². The largest absolute Gasteiger partial charge is 0.497 e. The first kappa shape index (κ1) is 9.15. The first-order chi connectivity index (χ1) is 6.65. The predicted molar refractivity (Wildman–Crippen MR) is 56.8 cm³/mol. The zero-order valence-corrected chi connectivity index (χ0v) is 8.72. The van der Waals surface area contributed by atoms with Crippen LogP contribution in [0.4, 0.5) is 0 Å². The molecule has 0 radical (unpaired) electrons. The van der Waals surface area contributed by atoms with Crippen molar-refractivity contribution in [2.24, 2.45) is 0 Å². The number of methoxy groups -OCH3 is 1. The van der Waals surface area contributed by atoms with Crippen LogP contribution in [0.15, 0.2) is 18.2 Å². The highest BCUT2D eigenvalue weighted by molar-refractivity contribution is 7.80. The summed E-state index contributed by atoms with van der Waals surface area (Å²) in [6.45, 7) is 0. The molecule has 1 amide bonds. The highest BCUT2D eigenvalue weighted by Gasteiger charge is 2.29. The summed E-state index contributed by atoms with van der Waals surface area (Å²) in [7, 11) is 3.27. The van der Waals surface area contributed by atoms with E-state index in [-0.39, 0.29) is 5.91 Å². The molecule has 0 aromatic heterocycles. The standard InChI is InChI=1S/C10H9NO2S/c1-11-9(12)7-4-3-6(13-2)5-8(7)10(11)14/h3-5H,1-2H3. The van der Waals surface area contributed by atoms with Crippen molar-refractivity contribution in [2.45, 2.75) is 0 Å². The second-order valence-electron chi connectivity index (χ2n) is 3.08. The van der Waals surface area contributed by atoms with Gasteiger partial charge < -0.3 is 9.64 Å². The number of hydrogen-bond acceptors (Lipinski definition) is 3. The average Bonchev–Trinajstić information content (AvgIpc) is 2.44. The van der Waals surface area contributed by atoms with Crippen LogP contribution in [0, 0.1) is 0 Å². The van der Waals surface area contributed by atoms with Gasteiger partial charge in [-0.25, -0.2) is 0 Å². The number of benzene rings is 1. The number of ether oxygens (including phenoxy) is 1. The molecular weight excluding hydrogens is 198 g/mol. The quantitative estimate of drug-likeness (QED) is 0.653. The van der Waals surface area contributed by atoms with Crippen molar-refractivity contribution in [3.05, 3.63) is 29.3 Å². The van der Waals surface area contributed by atoms with E-state index in [9.17, 15) is 4.79 Å². The van der Waals surface area contributed by atoms with Gasteiger partial charge >= 0.3 is 0 Å². The fourth-order valence-electron chi connectivity index (χ4n) is 1.47. The first-order valence-electron chi connectivity index (χ1n) is 4.15. The van der Waals surface area contributed by atoms with E-state index in [0.29, 0.717) is 16.3 Å². The molecule has 1 aromatic rings. The fourth-order valence-corrected chi connectivity index (χ4v) is 1.72. The van der Waals surface area contributed by atoms with Gasteiger partial charge in [0.1, 0.15) is 10.7 Å². The van der Waals surface area contributed by atoms with Crippen molar-refractivity contribution in [2.75, 3.05) is 14.2 Å². The summed E-state index contributed by atoms with van der Waals surface area (Å²) in [5, 5.41) is 0. The van der Waals surface area contributed by atoms with Gasteiger partial charge in [-0.2, -0.15) is 0 Å². The summed E-state index contributed by atoms with van der Waals surface area (Å²) in [5.41, 5.74) is 1.44. The zero-order valence-electron chi connectivity index (χ0n) is 7.90. The number of carbonyl (C=O) groups excluding carboxylic acids is 1. The minimum Gasteiger partial charge on any atom is -0.497 e. The van der Waals surface area contributed by atoms with Crippen LogP contribution in [0.25, 0.3) is 0 Å². The Balaban J connectivity index is 2.59. The number of carbonyl (C=O) groups is 1. The van der Waals surface area contributed by atoms with Crippen molar-refractivity contribution >= 4 is 23.1 Å². The number of nitrogens with zero attached hydrogens (tertiary/aromatic N) is 1. The highest BCUT2D eigenvalue weighted by Crippen LogP contribution is 2.26. The number of hydrogen-bond donors (Lipinski definition) is 0. The lowest BCUT2D eigenvalue weighted by Crippen LogP contribution is -2.23. The van der Waals surface area contributed by atoms with Crippen LogP contribution in [-0.4, -0.2) is 30.0 Å². The third-order valence-electron chi connectivity index (χ3n) is 2.30. The minimum absolute atomic E-state index is 0.0485. The lowest BCUT2D eigenvalue weighted by molar-refractivity contribution is 0.0884. The van der Waals surface area contributed by atoms with Crippen LogP contribution in [0.5, 0.6) is 5.75 Å². The Hall–Kier alpha value is -1.42. The van der Waals surface area contributed by atoms with Crippen LogP contribution >= 0.6 is 12.2 Å². The molecule has 0 unspecified atom stereocenters. The Morgan fingerprint density at radius 2 is 2.07 bits per heavy atom. The Labute approximate surface area is 87.3 Å². The molecular formula is C10H9NO2S. The monoisotopic (exact) mass is 207 g/mol.